The summed E-state index contributed by atoms with van der Waals surface area (Å²) in [5.74, 6) is -0.313. The van der Waals surface area contributed by atoms with Gasteiger partial charge in [-0.3, -0.25) is 0 Å². The molecule has 0 aromatic heterocycles. The van der Waals surface area contributed by atoms with E-state index in [0.29, 0.717) is 54.4 Å². The van der Waals surface area contributed by atoms with E-state index in [-0.39, 0.29) is 109 Å². The van der Waals surface area contributed by atoms with E-state index in [0.717, 1.165) is 0 Å². The van der Waals surface area contributed by atoms with Crippen molar-refractivity contribution in [3.05, 3.63) is 89.0 Å². The summed E-state index contributed by atoms with van der Waals surface area (Å²) in [6, 6.07) is 15.9. The van der Waals surface area contributed by atoms with Crippen molar-refractivity contribution >= 4 is 30.4 Å². The van der Waals surface area contributed by atoms with Crippen molar-refractivity contribution in [3.8, 4) is 0 Å². The Bertz CT molecular complexity index is 1530. The Morgan fingerprint density at radius 3 is 1.45 bits per heavy atom. The quantitative estimate of drug-likeness (QED) is 0.147. The van der Waals surface area contributed by atoms with Crippen LogP contribution in [-0.2, 0) is 49.6 Å². The van der Waals surface area contributed by atoms with Gasteiger partial charge in [0.25, 0.3) is 0 Å². The van der Waals surface area contributed by atoms with Crippen LogP contribution in [0.15, 0.2) is 81.4 Å². The molecular formula is C25H25Na3O9S3. The third-order valence-electron chi connectivity index (χ3n) is 6.15. The minimum absolute atomic E-state index is 0. The van der Waals surface area contributed by atoms with Crippen molar-refractivity contribution in [2.24, 2.45) is 0 Å². The summed E-state index contributed by atoms with van der Waals surface area (Å²) < 4.78 is 104. The molecule has 3 aromatic rings. The van der Waals surface area contributed by atoms with Gasteiger partial charge >= 0.3 is 88.7 Å². The minimum atomic E-state index is -4.73. The van der Waals surface area contributed by atoms with Crippen molar-refractivity contribution < 1.29 is 128 Å². The molecule has 0 spiro atoms. The summed E-state index contributed by atoms with van der Waals surface area (Å²) in [6.45, 7) is 1.73. The van der Waals surface area contributed by atoms with E-state index in [9.17, 15) is 38.9 Å². The van der Waals surface area contributed by atoms with Gasteiger partial charge in [0.15, 0.2) is 0 Å². The maximum absolute atomic E-state index is 11.9. The van der Waals surface area contributed by atoms with Crippen LogP contribution in [-0.4, -0.2) is 38.9 Å². The first kappa shape index (κ1) is 40.4. The molecular weight excluding hydrogens is 609 g/mol. The zero-order chi connectivity index (χ0) is 27.4. The van der Waals surface area contributed by atoms with Crippen molar-refractivity contribution in [2.45, 2.75) is 59.6 Å². The molecule has 0 unspecified atom stereocenters. The Morgan fingerprint density at radius 1 is 0.625 bits per heavy atom. The molecule has 0 saturated carbocycles. The molecule has 0 saturated heterocycles. The van der Waals surface area contributed by atoms with Crippen LogP contribution < -0.4 is 88.7 Å². The Kier molecular flexibility index (Phi) is 17.2. The van der Waals surface area contributed by atoms with Crippen molar-refractivity contribution in [1.29, 1.82) is 0 Å². The van der Waals surface area contributed by atoms with Crippen LogP contribution in [0.3, 0.4) is 0 Å². The fourth-order valence-corrected chi connectivity index (χ4v) is 6.12. The molecule has 0 aliphatic heterocycles. The molecule has 3 aromatic carbocycles. The first-order valence-electron chi connectivity index (χ1n) is 11.4. The Labute approximate surface area is 302 Å². The van der Waals surface area contributed by atoms with Crippen LogP contribution in [0.25, 0.3) is 0 Å². The number of hydrogen-bond acceptors (Lipinski definition) is 9. The number of rotatable bonds is 11. The van der Waals surface area contributed by atoms with Gasteiger partial charge in [0.05, 0.1) is 14.7 Å². The summed E-state index contributed by atoms with van der Waals surface area (Å²) in [5.41, 5.74) is 2.14. The number of benzene rings is 3. The second-order valence-corrected chi connectivity index (χ2v) is 12.8. The standard InChI is InChI=1S/C25H28O9S3.3Na/c1-2-20-13-14-22(17-25(20)37(32,33)34)21(11-9-18-5-3-7-23(15-18)35(26,27)28)12-10-19-6-4-8-24(16-19)36(29,30)31;;;/h3-8,13-17,21H,2,9-12H2,1H3,(H,26,27,28)(H,29,30,31)(H,32,33,34);;;/q;3*+1/p-3. The van der Waals surface area contributed by atoms with Crippen LogP contribution in [0.4, 0.5) is 0 Å². The molecule has 9 nitrogen and oxygen atoms in total. The molecule has 0 bridgehead atoms. The first-order chi connectivity index (χ1) is 17.2. The molecule has 200 valence electrons. The van der Waals surface area contributed by atoms with Gasteiger partial charge < -0.3 is 13.7 Å². The van der Waals surface area contributed by atoms with Crippen molar-refractivity contribution in [1.82, 2.24) is 0 Å². The monoisotopic (exact) mass is 634 g/mol. The van der Waals surface area contributed by atoms with E-state index in [1.165, 1.54) is 42.5 Å². The fraction of sp³-hybridized carbons (Fsp3) is 0.280. The molecule has 15 heteroatoms. The third-order valence-corrected chi connectivity index (χ3v) is 8.73. The Hall–Kier alpha value is 0.390. The van der Waals surface area contributed by atoms with E-state index >= 15 is 0 Å². The summed E-state index contributed by atoms with van der Waals surface area (Å²) in [4.78, 5) is -1.02. The van der Waals surface area contributed by atoms with E-state index in [1.807, 2.05) is 0 Å². The molecule has 0 aliphatic rings. The van der Waals surface area contributed by atoms with Gasteiger partial charge in [-0.15, -0.1) is 0 Å². The zero-order valence-electron chi connectivity index (χ0n) is 22.9. The van der Waals surface area contributed by atoms with Gasteiger partial charge in [0.2, 0.25) is 0 Å². The average molecular weight is 635 g/mol. The summed E-state index contributed by atoms with van der Waals surface area (Å²) in [6.07, 6.45) is 1.85. The molecule has 0 radical (unpaired) electrons. The molecule has 3 rings (SSSR count). The fourth-order valence-electron chi connectivity index (χ4n) is 4.22. The molecule has 0 heterocycles. The summed E-state index contributed by atoms with van der Waals surface area (Å²) in [7, 11) is -14.0. The van der Waals surface area contributed by atoms with Crippen LogP contribution in [0.2, 0.25) is 0 Å². The van der Waals surface area contributed by atoms with Gasteiger partial charge in [0, 0.05) is 0 Å². The van der Waals surface area contributed by atoms with Crippen LogP contribution >= 0.6 is 0 Å². The van der Waals surface area contributed by atoms with Gasteiger partial charge in [-0.1, -0.05) is 43.3 Å². The molecule has 0 atom stereocenters. The maximum atomic E-state index is 11.9. The second kappa shape index (κ2) is 17.0. The molecule has 0 N–H and O–H groups in total. The average Bonchev–Trinajstić information content (AvgIpc) is 2.82. The van der Waals surface area contributed by atoms with E-state index in [2.05, 4.69) is 0 Å². The number of aryl methyl sites for hydroxylation is 3. The zero-order valence-corrected chi connectivity index (χ0v) is 31.3. The minimum Gasteiger partial charge on any atom is -0.744 e. The SMILES string of the molecule is CCc1ccc(C(CCc2cccc(S(=O)(=O)[O-])c2)CCc2cccc(S(=O)(=O)[O-])c2)cc1S(=O)(=O)[O-].[Na+].[Na+].[Na+]. The molecule has 0 fully saturated rings. The van der Waals surface area contributed by atoms with Gasteiger partial charge in [-0.25, -0.2) is 25.3 Å². The molecule has 40 heavy (non-hydrogen) atoms. The van der Waals surface area contributed by atoms with Crippen molar-refractivity contribution in [2.75, 3.05) is 0 Å². The normalized spacial score (nSPS) is 11.7. The van der Waals surface area contributed by atoms with E-state index in [1.54, 1.807) is 31.2 Å². The first-order valence-corrected chi connectivity index (χ1v) is 15.6. The van der Waals surface area contributed by atoms with Gasteiger partial charge in [-0.05, 0) is 90.6 Å². The predicted molar refractivity (Wildman–Crippen MR) is 132 cm³/mol. The summed E-state index contributed by atoms with van der Waals surface area (Å²) in [5, 5.41) is 0. The van der Waals surface area contributed by atoms with Gasteiger partial charge in [0.1, 0.15) is 30.4 Å². The maximum Gasteiger partial charge on any atom is 1.00 e. The topological polar surface area (TPSA) is 172 Å². The van der Waals surface area contributed by atoms with E-state index < -0.39 is 30.4 Å². The largest absolute Gasteiger partial charge is 1.00 e. The molecule has 0 amide bonds. The van der Waals surface area contributed by atoms with Crippen molar-refractivity contribution in [3.63, 3.8) is 0 Å². The Balaban J connectivity index is 0.00000507. The third kappa shape index (κ3) is 11.8. The van der Waals surface area contributed by atoms with Crippen LogP contribution in [0.1, 0.15) is 47.9 Å². The second-order valence-electron chi connectivity index (χ2n) is 8.65. The Morgan fingerprint density at radius 2 is 1.07 bits per heavy atom. The number of hydrogen-bond donors (Lipinski definition) is 0. The van der Waals surface area contributed by atoms with Gasteiger partial charge in [-0.2, -0.15) is 0 Å². The van der Waals surface area contributed by atoms with E-state index in [4.69, 9.17) is 0 Å². The molecule has 0 aliphatic carbocycles. The smallest absolute Gasteiger partial charge is 0.744 e. The predicted octanol–water partition coefficient (Wildman–Crippen LogP) is -5.68. The van der Waals surface area contributed by atoms with Crippen LogP contribution in [0, 0.1) is 0 Å². The summed E-state index contributed by atoms with van der Waals surface area (Å²) >= 11 is 0. The van der Waals surface area contributed by atoms with Crippen LogP contribution in [0.5, 0.6) is 0 Å².